The molecular formula is C13H13O3PS. The maximum atomic E-state index is 9.97. The lowest BCUT2D eigenvalue weighted by molar-refractivity contribution is 0.377. The van der Waals surface area contributed by atoms with E-state index in [1.54, 1.807) is 36.4 Å². The SMILES string of the molecule is Cc1ccc(OP(O)(=S)Oc2ccccc2)cc1. The monoisotopic (exact) mass is 280 g/mol. The van der Waals surface area contributed by atoms with E-state index in [2.05, 4.69) is 0 Å². The van der Waals surface area contributed by atoms with Crippen molar-refractivity contribution in [2.75, 3.05) is 0 Å². The maximum Gasteiger partial charge on any atom is 0.432 e. The van der Waals surface area contributed by atoms with Gasteiger partial charge in [-0.3, -0.25) is 0 Å². The standard InChI is InChI=1S/C13H13O3PS/c1-11-7-9-13(10-8-11)16-17(14,18)15-12-5-3-2-4-6-12/h2-10H,1H3,(H,14,18). The fraction of sp³-hybridized carbons (Fsp3) is 0.0769. The first kappa shape index (κ1) is 13.1. The second-order valence-corrected chi connectivity index (χ2v) is 6.46. The Labute approximate surface area is 111 Å². The number of hydrogen-bond donors (Lipinski definition) is 1. The lowest BCUT2D eigenvalue weighted by Crippen LogP contribution is -1.99. The molecule has 3 nitrogen and oxygen atoms in total. The van der Waals surface area contributed by atoms with Crippen molar-refractivity contribution in [1.29, 1.82) is 0 Å². The molecule has 0 spiro atoms. The van der Waals surface area contributed by atoms with Crippen LogP contribution in [0.15, 0.2) is 54.6 Å². The van der Waals surface area contributed by atoms with Gasteiger partial charge in [0.2, 0.25) is 0 Å². The number of para-hydroxylation sites is 1. The van der Waals surface area contributed by atoms with Gasteiger partial charge in [-0.15, -0.1) is 0 Å². The minimum atomic E-state index is -3.32. The molecule has 0 aliphatic rings. The van der Waals surface area contributed by atoms with Crippen LogP contribution in [-0.4, -0.2) is 4.89 Å². The summed E-state index contributed by atoms with van der Waals surface area (Å²) in [5, 5.41) is 0. The van der Waals surface area contributed by atoms with E-state index < -0.39 is 6.72 Å². The molecule has 2 aromatic rings. The van der Waals surface area contributed by atoms with Gasteiger partial charge in [0, 0.05) is 11.8 Å². The Morgan fingerprint density at radius 2 is 1.39 bits per heavy atom. The zero-order valence-corrected chi connectivity index (χ0v) is 11.5. The molecule has 1 N–H and O–H groups in total. The van der Waals surface area contributed by atoms with Crippen LogP contribution in [0.25, 0.3) is 0 Å². The summed E-state index contributed by atoms with van der Waals surface area (Å²) < 4.78 is 10.6. The molecule has 0 fully saturated rings. The molecule has 1 unspecified atom stereocenters. The van der Waals surface area contributed by atoms with Crippen LogP contribution in [0.5, 0.6) is 11.5 Å². The average molecular weight is 280 g/mol. The largest absolute Gasteiger partial charge is 0.432 e. The van der Waals surface area contributed by atoms with E-state index in [9.17, 15) is 4.89 Å². The van der Waals surface area contributed by atoms with Gasteiger partial charge in [-0.1, -0.05) is 35.9 Å². The Bertz CT molecular complexity index is 554. The molecule has 0 aliphatic heterocycles. The third-order valence-electron chi connectivity index (χ3n) is 2.21. The van der Waals surface area contributed by atoms with Gasteiger partial charge in [0.1, 0.15) is 11.5 Å². The molecule has 0 radical (unpaired) electrons. The topological polar surface area (TPSA) is 38.7 Å². The third kappa shape index (κ3) is 3.84. The smallest absolute Gasteiger partial charge is 0.416 e. The quantitative estimate of drug-likeness (QED) is 0.867. The lowest BCUT2D eigenvalue weighted by Gasteiger charge is -2.17. The van der Waals surface area contributed by atoms with Crippen LogP contribution in [0.3, 0.4) is 0 Å². The maximum absolute atomic E-state index is 9.97. The predicted molar refractivity (Wildman–Crippen MR) is 75.4 cm³/mol. The van der Waals surface area contributed by atoms with Gasteiger partial charge >= 0.3 is 6.72 Å². The van der Waals surface area contributed by atoms with Gasteiger partial charge in [0.15, 0.2) is 0 Å². The van der Waals surface area contributed by atoms with Crippen molar-refractivity contribution in [3.63, 3.8) is 0 Å². The van der Waals surface area contributed by atoms with Crippen LogP contribution in [0, 0.1) is 6.92 Å². The van der Waals surface area contributed by atoms with Crippen LogP contribution in [0.2, 0.25) is 0 Å². The van der Waals surface area contributed by atoms with E-state index in [1.165, 1.54) is 0 Å². The molecule has 0 bridgehead atoms. The molecule has 2 aromatic carbocycles. The third-order valence-corrected chi connectivity index (χ3v) is 3.54. The molecule has 2 rings (SSSR count). The average Bonchev–Trinajstić information content (AvgIpc) is 2.32. The number of hydrogen-bond acceptors (Lipinski definition) is 3. The Kier molecular flexibility index (Phi) is 4.02. The van der Waals surface area contributed by atoms with Crippen LogP contribution in [0.1, 0.15) is 5.56 Å². The highest BCUT2D eigenvalue weighted by Crippen LogP contribution is 2.44. The Balaban J connectivity index is 2.08. The number of aryl methyl sites for hydroxylation is 1. The molecule has 0 saturated carbocycles. The highest BCUT2D eigenvalue weighted by atomic mass is 32.5. The summed E-state index contributed by atoms with van der Waals surface area (Å²) in [5.41, 5.74) is 1.11. The van der Waals surface area contributed by atoms with Crippen molar-refractivity contribution < 1.29 is 13.9 Å². The summed E-state index contributed by atoms with van der Waals surface area (Å²) in [4.78, 5) is 9.97. The normalized spacial score (nSPS) is 13.7. The van der Waals surface area contributed by atoms with Crippen LogP contribution in [-0.2, 0) is 11.8 Å². The first-order chi connectivity index (χ1) is 8.55. The lowest BCUT2D eigenvalue weighted by atomic mass is 10.2. The highest BCUT2D eigenvalue weighted by molar-refractivity contribution is 8.07. The van der Waals surface area contributed by atoms with Gasteiger partial charge in [0.25, 0.3) is 0 Å². The molecule has 5 heteroatoms. The zero-order chi connectivity index (χ0) is 13.0. The van der Waals surface area contributed by atoms with Gasteiger partial charge in [-0.25, -0.2) is 0 Å². The van der Waals surface area contributed by atoms with Gasteiger partial charge in [0.05, 0.1) is 0 Å². The number of benzene rings is 2. The fourth-order valence-electron chi connectivity index (χ4n) is 1.37. The molecular weight excluding hydrogens is 267 g/mol. The fourth-order valence-corrected chi connectivity index (χ4v) is 2.70. The number of rotatable bonds is 4. The van der Waals surface area contributed by atoms with Gasteiger partial charge < -0.3 is 13.9 Å². The van der Waals surface area contributed by atoms with E-state index in [4.69, 9.17) is 20.9 Å². The molecule has 1 atom stereocenters. The summed E-state index contributed by atoms with van der Waals surface area (Å²) in [6, 6.07) is 16.2. The Morgan fingerprint density at radius 3 is 1.94 bits per heavy atom. The van der Waals surface area contributed by atoms with Crippen LogP contribution in [0.4, 0.5) is 0 Å². The minimum Gasteiger partial charge on any atom is -0.416 e. The second-order valence-electron chi connectivity index (χ2n) is 3.78. The summed E-state index contributed by atoms with van der Waals surface area (Å²) >= 11 is 4.96. The van der Waals surface area contributed by atoms with Gasteiger partial charge in [-0.05, 0) is 31.2 Å². The molecule has 0 heterocycles. The summed E-state index contributed by atoms with van der Waals surface area (Å²) in [5.74, 6) is 0.998. The minimum absolute atomic E-state index is 0.496. The molecule has 0 saturated heterocycles. The van der Waals surface area contributed by atoms with E-state index in [1.807, 2.05) is 25.1 Å². The zero-order valence-electron chi connectivity index (χ0n) is 9.82. The van der Waals surface area contributed by atoms with Crippen LogP contribution < -0.4 is 9.05 Å². The molecule has 0 amide bonds. The van der Waals surface area contributed by atoms with Crippen molar-refractivity contribution in [2.24, 2.45) is 0 Å². The Morgan fingerprint density at radius 1 is 0.889 bits per heavy atom. The van der Waals surface area contributed by atoms with Crippen molar-refractivity contribution >= 4 is 18.5 Å². The Hall–Kier alpha value is -1.35. The van der Waals surface area contributed by atoms with E-state index in [0.29, 0.717) is 11.5 Å². The summed E-state index contributed by atoms with van der Waals surface area (Å²) in [6.45, 7) is -1.35. The predicted octanol–water partition coefficient (Wildman–Crippen LogP) is 3.67. The van der Waals surface area contributed by atoms with E-state index in [-0.39, 0.29) is 0 Å². The highest BCUT2D eigenvalue weighted by Gasteiger charge is 2.18. The van der Waals surface area contributed by atoms with Crippen molar-refractivity contribution in [2.45, 2.75) is 6.92 Å². The summed E-state index contributed by atoms with van der Waals surface area (Å²) in [7, 11) is 0. The molecule has 0 aromatic heterocycles. The first-order valence-electron chi connectivity index (χ1n) is 5.39. The van der Waals surface area contributed by atoms with Crippen LogP contribution >= 0.6 is 6.72 Å². The summed E-state index contributed by atoms with van der Waals surface area (Å²) in [6.07, 6.45) is 0. The molecule has 0 aliphatic carbocycles. The van der Waals surface area contributed by atoms with Crippen molar-refractivity contribution in [1.82, 2.24) is 0 Å². The van der Waals surface area contributed by atoms with Gasteiger partial charge in [-0.2, -0.15) is 0 Å². The van der Waals surface area contributed by atoms with Crippen molar-refractivity contribution in [3.05, 3.63) is 60.2 Å². The molecule has 18 heavy (non-hydrogen) atoms. The second kappa shape index (κ2) is 5.53. The van der Waals surface area contributed by atoms with E-state index >= 15 is 0 Å². The van der Waals surface area contributed by atoms with Crippen molar-refractivity contribution in [3.8, 4) is 11.5 Å². The first-order valence-corrected chi connectivity index (χ1v) is 7.98. The van der Waals surface area contributed by atoms with E-state index in [0.717, 1.165) is 5.56 Å². The molecule has 94 valence electrons.